The van der Waals surface area contributed by atoms with E-state index in [0.717, 1.165) is 26.2 Å². The highest BCUT2D eigenvalue weighted by Gasteiger charge is 2.44. The fourth-order valence-corrected chi connectivity index (χ4v) is 4.67. The van der Waals surface area contributed by atoms with Gasteiger partial charge in [0.05, 0.1) is 17.9 Å². The number of sulfone groups is 1. The molecule has 0 aromatic carbocycles. The molecule has 1 N–H and O–H groups in total. The van der Waals surface area contributed by atoms with Gasteiger partial charge in [0.2, 0.25) is 0 Å². The molecule has 0 saturated carbocycles. The van der Waals surface area contributed by atoms with Gasteiger partial charge in [-0.1, -0.05) is 0 Å². The summed E-state index contributed by atoms with van der Waals surface area (Å²) in [7, 11) is -0.921. The van der Waals surface area contributed by atoms with Gasteiger partial charge in [-0.15, -0.1) is 0 Å². The smallest absolute Gasteiger partial charge is 0.305 e. The summed E-state index contributed by atoms with van der Waals surface area (Å²) in [6, 6.07) is 0. The minimum atomic E-state index is -2.97. The van der Waals surface area contributed by atoms with E-state index in [4.69, 9.17) is 5.11 Å². The maximum absolute atomic E-state index is 11.6. The molecule has 0 aromatic heterocycles. The lowest BCUT2D eigenvalue weighted by Gasteiger charge is -2.48. The Hall–Kier alpha value is -0.660. The molecule has 0 atom stereocenters. The van der Waals surface area contributed by atoms with Crippen LogP contribution in [0.25, 0.3) is 0 Å². The molecular formula is C12H22N2O4S. The van der Waals surface area contributed by atoms with Crippen LogP contribution in [-0.2, 0) is 14.6 Å². The van der Waals surface area contributed by atoms with Crippen molar-refractivity contribution in [2.24, 2.45) is 0 Å². The summed E-state index contributed by atoms with van der Waals surface area (Å²) in [6.07, 6.45) is 0.947. The monoisotopic (exact) mass is 290 g/mol. The number of nitrogens with zero attached hydrogens (tertiary/aromatic N) is 2. The fraction of sp³-hybridized carbons (Fsp3) is 0.917. The van der Waals surface area contributed by atoms with Gasteiger partial charge in [-0.3, -0.25) is 9.69 Å². The molecule has 0 unspecified atom stereocenters. The van der Waals surface area contributed by atoms with Crippen LogP contribution < -0.4 is 0 Å². The van der Waals surface area contributed by atoms with Gasteiger partial charge >= 0.3 is 5.97 Å². The third-order valence-corrected chi connectivity index (χ3v) is 6.06. The molecule has 2 heterocycles. The van der Waals surface area contributed by atoms with Crippen LogP contribution in [0, 0.1) is 0 Å². The highest BCUT2D eigenvalue weighted by atomic mass is 32.2. The number of carboxylic acid groups (broad SMARTS) is 1. The molecule has 0 aromatic rings. The van der Waals surface area contributed by atoms with Crippen LogP contribution >= 0.6 is 0 Å². The summed E-state index contributed by atoms with van der Waals surface area (Å²) < 4.78 is 23.2. The van der Waals surface area contributed by atoms with E-state index in [0.29, 0.717) is 12.8 Å². The summed E-state index contributed by atoms with van der Waals surface area (Å²) in [5, 5.41) is 9.16. The third kappa shape index (κ3) is 3.46. The van der Waals surface area contributed by atoms with Crippen LogP contribution in [0.3, 0.4) is 0 Å². The van der Waals surface area contributed by atoms with E-state index in [-0.39, 0.29) is 17.9 Å². The number of piperazine rings is 1. The zero-order valence-electron chi connectivity index (χ0n) is 11.3. The number of likely N-dealkylation sites (N-methyl/N-ethyl adjacent to an activating group) is 1. The predicted octanol–water partition coefficient (Wildman–Crippen LogP) is -0.344. The summed E-state index contributed by atoms with van der Waals surface area (Å²) >= 11 is 0. The van der Waals surface area contributed by atoms with Crippen molar-refractivity contribution in [3.05, 3.63) is 0 Å². The summed E-state index contributed by atoms with van der Waals surface area (Å²) in [5.41, 5.74) is -0.460. The van der Waals surface area contributed by atoms with Gasteiger partial charge in [-0.2, -0.15) is 0 Å². The molecule has 2 saturated heterocycles. The predicted molar refractivity (Wildman–Crippen MR) is 71.9 cm³/mol. The van der Waals surface area contributed by atoms with Crippen LogP contribution in [0.15, 0.2) is 0 Å². The largest absolute Gasteiger partial charge is 0.481 e. The van der Waals surface area contributed by atoms with Crippen LogP contribution in [0.4, 0.5) is 0 Å². The van der Waals surface area contributed by atoms with Crippen molar-refractivity contribution >= 4 is 15.8 Å². The molecule has 2 fully saturated rings. The van der Waals surface area contributed by atoms with Crippen LogP contribution in [0.1, 0.15) is 19.3 Å². The van der Waals surface area contributed by atoms with Crippen molar-refractivity contribution in [3.8, 4) is 0 Å². The van der Waals surface area contributed by atoms with E-state index in [9.17, 15) is 13.2 Å². The molecule has 0 radical (unpaired) electrons. The van der Waals surface area contributed by atoms with Crippen molar-refractivity contribution in [2.75, 3.05) is 44.7 Å². The highest BCUT2D eigenvalue weighted by molar-refractivity contribution is 7.91. The Morgan fingerprint density at radius 2 is 1.68 bits per heavy atom. The van der Waals surface area contributed by atoms with Gasteiger partial charge in [0.15, 0.2) is 0 Å². The third-order valence-electron chi connectivity index (χ3n) is 4.41. The molecule has 7 heteroatoms. The van der Waals surface area contributed by atoms with Crippen molar-refractivity contribution in [1.29, 1.82) is 0 Å². The number of hydrogen-bond acceptors (Lipinski definition) is 5. The van der Waals surface area contributed by atoms with Gasteiger partial charge in [-0.25, -0.2) is 8.42 Å². The Morgan fingerprint density at radius 1 is 1.16 bits per heavy atom. The van der Waals surface area contributed by atoms with E-state index >= 15 is 0 Å². The van der Waals surface area contributed by atoms with E-state index in [1.807, 2.05) is 7.05 Å². The summed E-state index contributed by atoms with van der Waals surface area (Å²) in [5.74, 6) is -0.600. The number of aliphatic carboxylic acids is 1. The zero-order valence-corrected chi connectivity index (χ0v) is 12.2. The second-order valence-electron chi connectivity index (χ2n) is 5.74. The SMILES string of the molecule is CN1CCN(C2(CC(=O)O)CCS(=O)(=O)CC2)CC1. The minimum Gasteiger partial charge on any atom is -0.481 e. The second kappa shape index (κ2) is 5.38. The number of hydrogen-bond donors (Lipinski definition) is 1. The summed E-state index contributed by atoms with van der Waals surface area (Å²) in [6.45, 7) is 3.47. The molecular weight excluding hydrogens is 268 g/mol. The first-order valence-corrected chi connectivity index (χ1v) is 8.51. The molecule has 19 heavy (non-hydrogen) atoms. The van der Waals surface area contributed by atoms with Gasteiger partial charge in [0.1, 0.15) is 9.84 Å². The van der Waals surface area contributed by atoms with Crippen molar-refractivity contribution in [3.63, 3.8) is 0 Å². The van der Waals surface area contributed by atoms with Crippen molar-refractivity contribution in [2.45, 2.75) is 24.8 Å². The topological polar surface area (TPSA) is 77.9 Å². The molecule has 6 nitrogen and oxygen atoms in total. The summed E-state index contributed by atoms with van der Waals surface area (Å²) in [4.78, 5) is 15.6. The first-order valence-electron chi connectivity index (χ1n) is 6.69. The molecule has 2 aliphatic heterocycles. The normalized spacial score (nSPS) is 28.1. The van der Waals surface area contributed by atoms with Gasteiger partial charge in [-0.05, 0) is 19.9 Å². The fourth-order valence-electron chi connectivity index (χ4n) is 3.09. The molecule has 0 bridgehead atoms. The van der Waals surface area contributed by atoms with Crippen molar-refractivity contribution < 1.29 is 18.3 Å². The average Bonchev–Trinajstić information content (AvgIpc) is 2.33. The minimum absolute atomic E-state index is 0.0479. The number of carbonyl (C=O) groups is 1. The van der Waals surface area contributed by atoms with Crippen LogP contribution in [-0.4, -0.2) is 79.6 Å². The highest BCUT2D eigenvalue weighted by Crippen LogP contribution is 2.34. The van der Waals surface area contributed by atoms with Crippen molar-refractivity contribution in [1.82, 2.24) is 9.80 Å². The van der Waals surface area contributed by atoms with E-state index in [2.05, 4.69) is 9.80 Å². The first-order chi connectivity index (χ1) is 8.83. The Morgan fingerprint density at radius 3 is 2.16 bits per heavy atom. The standard InChI is InChI=1S/C12H22N2O4S/c1-13-4-6-14(7-5-13)12(10-11(15)16)2-8-19(17,18)9-3-12/h2-10H2,1H3,(H,15,16). The molecule has 0 amide bonds. The molecule has 2 rings (SSSR count). The zero-order chi connectivity index (χ0) is 14.1. The van der Waals surface area contributed by atoms with Gasteiger partial charge in [0, 0.05) is 31.7 Å². The molecule has 2 aliphatic rings. The molecule has 0 spiro atoms. The lowest BCUT2D eigenvalue weighted by atomic mass is 9.85. The first kappa shape index (κ1) is 14.7. The Bertz CT molecular complexity index is 427. The van der Waals surface area contributed by atoms with Crippen LogP contribution in [0.5, 0.6) is 0 Å². The Kier molecular flexibility index (Phi) is 4.17. The number of rotatable bonds is 3. The maximum Gasteiger partial charge on any atom is 0.305 e. The lowest BCUT2D eigenvalue weighted by molar-refractivity contribution is -0.141. The maximum atomic E-state index is 11.6. The van der Waals surface area contributed by atoms with E-state index < -0.39 is 21.3 Å². The second-order valence-corrected chi connectivity index (χ2v) is 8.04. The van der Waals surface area contributed by atoms with E-state index in [1.54, 1.807) is 0 Å². The average molecular weight is 290 g/mol. The van der Waals surface area contributed by atoms with Gasteiger partial charge < -0.3 is 10.0 Å². The number of carboxylic acids is 1. The molecule has 0 aliphatic carbocycles. The molecule has 110 valence electrons. The van der Waals surface area contributed by atoms with E-state index in [1.165, 1.54) is 0 Å². The van der Waals surface area contributed by atoms with Crippen LogP contribution in [0.2, 0.25) is 0 Å². The Balaban J connectivity index is 2.14. The Labute approximate surface area is 114 Å². The quantitative estimate of drug-likeness (QED) is 0.766. The van der Waals surface area contributed by atoms with Gasteiger partial charge in [0.25, 0.3) is 0 Å². The lowest BCUT2D eigenvalue weighted by Crippen LogP contribution is -2.59.